The van der Waals surface area contributed by atoms with E-state index in [9.17, 15) is 0 Å². The van der Waals surface area contributed by atoms with E-state index in [0.29, 0.717) is 38.1 Å². The summed E-state index contributed by atoms with van der Waals surface area (Å²) in [5, 5.41) is 0. The Bertz CT molecular complexity index is 125. The Hall–Kier alpha value is 1.08. The van der Waals surface area contributed by atoms with Crippen LogP contribution >= 0.6 is 0 Å². The van der Waals surface area contributed by atoms with Crippen molar-refractivity contribution in [1.82, 2.24) is 0 Å². The van der Waals surface area contributed by atoms with E-state index < -0.39 is 8.07 Å². The molecule has 0 aromatic heterocycles. The first-order chi connectivity index (χ1) is 8.24. The van der Waals surface area contributed by atoms with Crippen LogP contribution in [0.4, 0.5) is 0 Å². The van der Waals surface area contributed by atoms with Gasteiger partial charge in [0.1, 0.15) is 0 Å². The average Bonchev–Trinajstić information content (AvgIpc) is 2.37. The highest BCUT2D eigenvalue weighted by molar-refractivity contribution is 6.82. The van der Waals surface area contributed by atoms with Gasteiger partial charge in [0.25, 0.3) is 0 Å². The van der Waals surface area contributed by atoms with E-state index in [1.54, 1.807) is 48.4 Å². The molecule has 0 aliphatic carbocycles. The van der Waals surface area contributed by atoms with E-state index in [2.05, 4.69) is 26.2 Å². The fraction of sp³-hybridized carbons (Fsp3) is 1.00. The molecule has 5 heteroatoms. The predicted molar refractivity (Wildman–Crippen MR) is 102 cm³/mol. The van der Waals surface area contributed by atoms with Crippen LogP contribution in [0.5, 0.6) is 0 Å². The van der Waals surface area contributed by atoms with Crippen LogP contribution in [-0.2, 0) is 0 Å². The van der Waals surface area contributed by atoms with E-state index in [4.69, 9.17) is 0 Å². The third kappa shape index (κ3) is 8.74. The molecule has 0 rings (SSSR count). The number of hydrogen-bond donors (Lipinski definition) is 0. The number of hydrogen-bond acceptors (Lipinski definition) is 0. The van der Waals surface area contributed by atoms with E-state index in [1.165, 1.54) is 0 Å². The minimum Gasteiger partial charge on any atom is -0.0748 e. The molecule has 0 amide bonds. The summed E-state index contributed by atoms with van der Waals surface area (Å²) in [5.74, 6) is 0. The van der Waals surface area contributed by atoms with Crippen LogP contribution in [0.3, 0.4) is 0 Å². The van der Waals surface area contributed by atoms with Crippen LogP contribution in [0, 0.1) is 0 Å². The van der Waals surface area contributed by atoms with Gasteiger partial charge >= 0.3 is 0 Å². The molecule has 0 atom stereocenters. The second-order valence-electron chi connectivity index (χ2n) is 5.91. The van der Waals surface area contributed by atoms with E-state index in [-0.39, 0.29) is 0 Å². The Kier molecular flexibility index (Phi) is 12.9. The van der Waals surface area contributed by atoms with Crippen molar-refractivity contribution >= 4 is 46.2 Å². The zero-order chi connectivity index (χ0) is 13.0. The van der Waals surface area contributed by atoms with Crippen LogP contribution in [0.2, 0.25) is 74.5 Å². The summed E-state index contributed by atoms with van der Waals surface area (Å²) < 4.78 is 0. The van der Waals surface area contributed by atoms with E-state index >= 15 is 0 Å². The zero-order valence-corrected chi connectivity index (χ0v) is 19.6. The summed E-state index contributed by atoms with van der Waals surface area (Å²) in [4.78, 5) is 0. The van der Waals surface area contributed by atoms with Gasteiger partial charge < -0.3 is 0 Å². The molecule has 0 aromatic carbocycles. The van der Waals surface area contributed by atoms with E-state index in [1.807, 2.05) is 0 Å². The van der Waals surface area contributed by atoms with Gasteiger partial charge in [-0.25, -0.2) is 0 Å². The molecule has 0 N–H and O–H groups in total. The predicted octanol–water partition coefficient (Wildman–Crippen LogP) is 1.98. The van der Waals surface area contributed by atoms with Crippen molar-refractivity contribution in [1.29, 1.82) is 0 Å². The molecule has 0 aromatic rings. The quantitative estimate of drug-likeness (QED) is 0.482. The van der Waals surface area contributed by atoms with Crippen molar-refractivity contribution in [2.75, 3.05) is 0 Å². The minimum absolute atomic E-state index is 0.333. The van der Waals surface area contributed by atoms with Gasteiger partial charge in [0, 0.05) is 38.1 Å². The fourth-order valence-electron chi connectivity index (χ4n) is 2.96. The third-order valence-corrected chi connectivity index (χ3v) is 17.0. The lowest BCUT2D eigenvalue weighted by Gasteiger charge is -2.32. The van der Waals surface area contributed by atoms with Crippen LogP contribution in [0.15, 0.2) is 0 Å². The smallest absolute Gasteiger partial charge is 0.0523 e. The highest BCUT2D eigenvalue weighted by Gasteiger charge is 2.29. The standard InChI is InChI=1S/C12H36Si5/c1-13-5-9-17(10-6-14-2,11-7-15-3)12-8-16-4/h5-16H2,1-4H3. The van der Waals surface area contributed by atoms with Crippen LogP contribution in [0.25, 0.3) is 0 Å². The Balaban J connectivity index is 4.39. The van der Waals surface area contributed by atoms with Crippen molar-refractivity contribution in [2.45, 2.75) is 74.5 Å². The molecular formula is C12H36Si5. The summed E-state index contributed by atoms with van der Waals surface area (Å²) in [6.45, 7) is 10.1. The summed E-state index contributed by atoms with van der Waals surface area (Å²) in [5.41, 5.74) is 0. The maximum absolute atomic E-state index is 2.52. The molecule has 0 radical (unpaired) electrons. The van der Waals surface area contributed by atoms with Gasteiger partial charge in [-0.15, -0.1) is 0 Å². The molecular weight excluding hydrogens is 285 g/mol. The lowest BCUT2D eigenvalue weighted by molar-refractivity contribution is 1.10. The molecule has 0 nitrogen and oxygen atoms in total. The Labute approximate surface area is 120 Å². The molecule has 0 aliphatic rings. The molecule has 0 heterocycles. The van der Waals surface area contributed by atoms with Gasteiger partial charge in [0.15, 0.2) is 0 Å². The monoisotopic (exact) mass is 320 g/mol. The zero-order valence-electron chi connectivity index (χ0n) is 13.0. The minimum atomic E-state index is -0.741. The maximum atomic E-state index is 2.52. The van der Waals surface area contributed by atoms with Gasteiger partial charge in [-0.3, -0.25) is 0 Å². The van der Waals surface area contributed by atoms with Crippen LogP contribution < -0.4 is 0 Å². The van der Waals surface area contributed by atoms with E-state index in [0.717, 1.165) is 0 Å². The van der Waals surface area contributed by atoms with Gasteiger partial charge in [-0.2, -0.15) is 0 Å². The Morgan fingerprint density at radius 3 is 0.941 bits per heavy atom. The van der Waals surface area contributed by atoms with Crippen molar-refractivity contribution in [2.24, 2.45) is 0 Å². The normalized spacial score (nSPS) is 17.6. The van der Waals surface area contributed by atoms with Gasteiger partial charge in [0.05, 0.1) is 8.07 Å². The first-order valence-corrected chi connectivity index (χ1v) is 20.7. The molecule has 0 saturated carbocycles. The molecule has 17 heavy (non-hydrogen) atoms. The van der Waals surface area contributed by atoms with Crippen LogP contribution in [0.1, 0.15) is 0 Å². The molecule has 0 bridgehead atoms. The SMILES string of the molecule is C[SiH2]CC[Si](CC[SiH2]C)(CC[SiH2]C)CC[SiH2]C. The molecule has 104 valence electrons. The lowest BCUT2D eigenvalue weighted by atomic mass is 10.9. The Morgan fingerprint density at radius 1 is 0.529 bits per heavy atom. The fourth-order valence-corrected chi connectivity index (χ4v) is 22.1. The first kappa shape index (κ1) is 18.1. The van der Waals surface area contributed by atoms with Crippen molar-refractivity contribution in [3.63, 3.8) is 0 Å². The lowest BCUT2D eigenvalue weighted by Crippen LogP contribution is -2.34. The summed E-state index contributed by atoms with van der Waals surface area (Å²) in [7, 11) is 0.592. The average molecular weight is 321 g/mol. The van der Waals surface area contributed by atoms with Crippen LogP contribution in [-0.4, -0.2) is 46.2 Å². The molecule has 0 aliphatic heterocycles. The van der Waals surface area contributed by atoms with Crippen molar-refractivity contribution < 1.29 is 0 Å². The second-order valence-corrected chi connectivity index (χ2v) is 17.7. The van der Waals surface area contributed by atoms with Crippen molar-refractivity contribution in [3.05, 3.63) is 0 Å². The third-order valence-electron chi connectivity index (χ3n) is 4.24. The molecule has 0 fully saturated rings. The highest BCUT2D eigenvalue weighted by Crippen LogP contribution is 2.32. The number of rotatable bonds is 12. The second kappa shape index (κ2) is 12.1. The maximum Gasteiger partial charge on any atom is 0.0523 e. The highest BCUT2D eigenvalue weighted by atomic mass is 28.3. The molecule has 0 spiro atoms. The van der Waals surface area contributed by atoms with Gasteiger partial charge in [-0.1, -0.05) is 74.5 Å². The van der Waals surface area contributed by atoms with Crippen molar-refractivity contribution in [3.8, 4) is 0 Å². The van der Waals surface area contributed by atoms with Gasteiger partial charge in [0.2, 0.25) is 0 Å². The summed E-state index contributed by atoms with van der Waals surface area (Å²) >= 11 is 0. The Morgan fingerprint density at radius 2 is 0.765 bits per heavy atom. The first-order valence-electron chi connectivity index (χ1n) is 8.24. The molecule has 0 unspecified atom stereocenters. The largest absolute Gasteiger partial charge is 0.0748 e. The molecule has 0 saturated heterocycles. The summed E-state index contributed by atoms with van der Waals surface area (Å²) in [6, 6.07) is 13.8. The topological polar surface area (TPSA) is 0 Å². The van der Waals surface area contributed by atoms with Gasteiger partial charge in [-0.05, 0) is 0 Å². The summed E-state index contributed by atoms with van der Waals surface area (Å²) in [6.07, 6.45) is 0.